The summed E-state index contributed by atoms with van der Waals surface area (Å²) in [6.45, 7) is 6.84. The maximum absolute atomic E-state index is 12.3. The number of nitrogens with zero attached hydrogens (tertiary/aromatic N) is 6. The zero-order chi connectivity index (χ0) is 16.4. The molecule has 7 nitrogen and oxygen atoms in total. The average Bonchev–Trinajstić information content (AvgIpc) is 2.58. The van der Waals surface area contributed by atoms with Gasteiger partial charge in [0.25, 0.3) is 5.56 Å². The van der Waals surface area contributed by atoms with Crippen molar-refractivity contribution in [2.24, 2.45) is 0 Å². The highest BCUT2D eigenvalue weighted by atomic mass is 35.5. The second kappa shape index (κ2) is 6.54. The maximum Gasteiger partial charge on any atom is 0.287 e. The Kier molecular flexibility index (Phi) is 4.47. The molecule has 0 amide bonds. The molecule has 0 atom stereocenters. The molecule has 122 valence electrons. The number of anilines is 2. The largest absolute Gasteiger partial charge is 0.365 e. The molecule has 8 heteroatoms. The van der Waals surface area contributed by atoms with Gasteiger partial charge in [-0.1, -0.05) is 11.6 Å². The molecule has 23 heavy (non-hydrogen) atoms. The van der Waals surface area contributed by atoms with Crippen molar-refractivity contribution >= 4 is 23.2 Å². The fraction of sp³-hybridized carbons (Fsp3) is 0.467. The number of halogens is 1. The van der Waals surface area contributed by atoms with Gasteiger partial charge in [-0.15, -0.1) is 0 Å². The molecule has 0 radical (unpaired) electrons. The van der Waals surface area contributed by atoms with Gasteiger partial charge in [0.05, 0.1) is 17.9 Å². The van der Waals surface area contributed by atoms with Gasteiger partial charge in [0.15, 0.2) is 0 Å². The van der Waals surface area contributed by atoms with Crippen molar-refractivity contribution in [2.75, 3.05) is 36.0 Å². The molecule has 1 aliphatic heterocycles. The smallest absolute Gasteiger partial charge is 0.287 e. The third-order valence-electron chi connectivity index (χ3n) is 3.87. The van der Waals surface area contributed by atoms with Gasteiger partial charge in [-0.2, -0.15) is 5.10 Å². The van der Waals surface area contributed by atoms with Crippen LogP contribution in [0.5, 0.6) is 0 Å². The number of aromatic nitrogens is 4. The minimum absolute atomic E-state index is 0.0128. The summed E-state index contributed by atoms with van der Waals surface area (Å²) in [4.78, 5) is 25.0. The fourth-order valence-corrected chi connectivity index (χ4v) is 2.88. The van der Waals surface area contributed by atoms with Crippen LogP contribution in [0.15, 0.2) is 29.5 Å². The standard InChI is InChI=1S/C15H19ClN6O/c1-11(2)22-14(23)13(16)12(10-19-22)20-6-8-21(9-7-20)15-17-4-3-5-18-15/h3-5,10-11H,6-9H2,1-2H3. The molecule has 0 spiro atoms. The van der Waals surface area contributed by atoms with Crippen LogP contribution < -0.4 is 15.4 Å². The molecular formula is C15H19ClN6O. The van der Waals surface area contributed by atoms with Crippen molar-refractivity contribution in [2.45, 2.75) is 19.9 Å². The lowest BCUT2D eigenvalue weighted by atomic mass is 10.3. The Morgan fingerprint density at radius 1 is 1.09 bits per heavy atom. The summed E-state index contributed by atoms with van der Waals surface area (Å²) in [5, 5.41) is 4.47. The number of hydrogen-bond donors (Lipinski definition) is 0. The topological polar surface area (TPSA) is 67.2 Å². The Morgan fingerprint density at radius 2 is 1.70 bits per heavy atom. The summed E-state index contributed by atoms with van der Waals surface area (Å²) in [7, 11) is 0. The molecule has 1 saturated heterocycles. The molecule has 3 rings (SSSR count). The monoisotopic (exact) mass is 334 g/mol. The minimum atomic E-state index is -0.243. The summed E-state index contributed by atoms with van der Waals surface area (Å²) in [5.74, 6) is 0.728. The van der Waals surface area contributed by atoms with Crippen LogP contribution in [0.3, 0.4) is 0 Å². The Labute approximate surface area is 139 Å². The quantitative estimate of drug-likeness (QED) is 0.849. The average molecular weight is 335 g/mol. The zero-order valence-corrected chi connectivity index (χ0v) is 13.9. The van der Waals surface area contributed by atoms with Crippen molar-refractivity contribution in [1.29, 1.82) is 0 Å². The van der Waals surface area contributed by atoms with E-state index in [2.05, 4.69) is 24.9 Å². The molecular weight excluding hydrogens is 316 g/mol. The summed E-state index contributed by atoms with van der Waals surface area (Å²) in [6.07, 6.45) is 5.15. The fourth-order valence-electron chi connectivity index (χ4n) is 2.63. The van der Waals surface area contributed by atoms with E-state index in [0.717, 1.165) is 32.1 Å². The van der Waals surface area contributed by atoms with Crippen molar-refractivity contribution in [3.8, 4) is 0 Å². The van der Waals surface area contributed by atoms with E-state index in [9.17, 15) is 4.79 Å². The predicted molar refractivity (Wildman–Crippen MR) is 90.4 cm³/mol. The second-order valence-corrected chi connectivity index (χ2v) is 6.09. The lowest BCUT2D eigenvalue weighted by molar-refractivity contribution is 0.501. The van der Waals surface area contributed by atoms with Crippen LogP contribution in [0.25, 0.3) is 0 Å². The molecule has 0 N–H and O–H groups in total. The molecule has 1 aliphatic rings. The summed E-state index contributed by atoms with van der Waals surface area (Å²) in [6, 6.07) is 1.79. The molecule has 1 fully saturated rings. The molecule has 2 aromatic heterocycles. The van der Waals surface area contributed by atoms with Crippen LogP contribution >= 0.6 is 11.6 Å². The van der Waals surface area contributed by atoms with Gasteiger partial charge < -0.3 is 9.80 Å². The van der Waals surface area contributed by atoms with E-state index in [1.54, 1.807) is 24.7 Å². The molecule has 0 saturated carbocycles. The lowest BCUT2D eigenvalue weighted by Crippen LogP contribution is -2.47. The van der Waals surface area contributed by atoms with Gasteiger partial charge in [-0.25, -0.2) is 14.6 Å². The Bertz CT molecular complexity index is 724. The number of rotatable bonds is 3. The van der Waals surface area contributed by atoms with Crippen molar-refractivity contribution in [1.82, 2.24) is 19.7 Å². The first-order chi connectivity index (χ1) is 11.1. The third-order valence-corrected chi connectivity index (χ3v) is 4.22. The molecule has 3 heterocycles. The van der Waals surface area contributed by atoms with Gasteiger partial charge in [-0.05, 0) is 19.9 Å². The van der Waals surface area contributed by atoms with Crippen molar-refractivity contribution in [3.63, 3.8) is 0 Å². The van der Waals surface area contributed by atoms with Crippen LogP contribution in [0.2, 0.25) is 5.02 Å². The van der Waals surface area contributed by atoms with Crippen LogP contribution in [0.1, 0.15) is 19.9 Å². The van der Waals surface area contributed by atoms with Crippen molar-refractivity contribution < 1.29 is 0 Å². The van der Waals surface area contributed by atoms with Crippen LogP contribution in [0, 0.1) is 0 Å². The second-order valence-electron chi connectivity index (χ2n) is 5.71. The highest BCUT2D eigenvalue weighted by Gasteiger charge is 2.22. The van der Waals surface area contributed by atoms with E-state index in [-0.39, 0.29) is 16.6 Å². The van der Waals surface area contributed by atoms with Crippen LogP contribution in [0.4, 0.5) is 11.6 Å². The van der Waals surface area contributed by atoms with E-state index in [1.807, 2.05) is 13.8 Å². The van der Waals surface area contributed by atoms with Crippen LogP contribution in [-0.4, -0.2) is 45.9 Å². The van der Waals surface area contributed by atoms with Gasteiger partial charge in [0.1, 0.15) is 5.02 Å². The van der Waals surface area contributed by atoms with E-state index in [0.29, 0.717) is 5.69 Å². The summed E-state index contributed by atoms with van der Waals surface area (Å²) >= 11 is 6.28. The maximum atomic E-state index is 12.3. The molecule has 0 bridgehead atoms. The Balaban J connectivity index is 1.76. The molecule has 0 aliphatic carbocycles. The highest BCUT2D eigenvalue weighted by molar-refractivity contribution is 6.33. The summed E-state index contributed by atoms with van der Waals surface area (Å²) in [5.41, 5.74) is 0.454. The van der Waals surface area contributed by atoms with Gasteiger partial charge in [0.2, 0.25) is 5.95 Å². The SMILES string of the molecule is CC(C)n1ncc(N2CCN(c3ncccn3)CC2)c(Cl)c1=O. The van der Waals surface area contributed by atoms with Gasteiger partial charge in [-0.3, -0.25) is 4.79 Å². The molecule has 2 aromatic rings. The van der Waals surface area contributed by atoms with E-state index in [1.165, 1.54) is 4.68 Å². The van der Waals surface area contributed by atoms with Crippen molar-refractivity contribution in [3.05, 3.63) is 40.0 Å². The lowest BCUT2D eigenvalue weighted by Gasteiger charge is -2.36. The Morgan fingerprint density at radius 3 is 2.30 bits per heavy atom. The normalized spacial score (nSPS) is 15.3. The first-order valence-corrected chi connectivity index (χ1v) is 8.00. The molecule has 0 aromatic carbocycles. The van der Waals surface area contributed by atoms with E-state index in [4.69, 9.17) is 11.6 Å². The molecule has 0 unspecified atom stereocenters. The van der Waals surface area contributed by atoms with E-state index >= 15 is 0 Å². The first kappa shape index (κ1) is 15.7. The first-order valence-electron chi connectivity index (χ1n) is 7.62. The van der Waals surface area contributed by atoms with Gasteiger partial charge >= 0.3 is 0 Å². The van der Waals surface area contributed by atoms with E-state index < -0.39 is 0 Å². The number of hydrogen-bond acceptors (Lipinski definition) is 6. The van der Waals surface area contributed by atoms with Gasteiger partial charge in [0, 0.05) is 38.6 Å². The number of piperazine rings is 1. The summed E-state index contributed by atoms with van der Waals surface area (Å²) < 4.78 is 1.40. The minimum Gasteiger partial charge on any atom is -0.365 e. The zero-order valence-electron chi connectivity index (χ0n) is 13.2. The predicted octanol–water partition coefficient (Wildman–Crippen LogP) is 1.59. The van der Waals surface area contributed by atoms with Crippen LogP contribution in [-0.2, 0) is 0 Å². The third kappa shape index (κ3) is 3.14. The Hall–Kier alpha value is -2.15. The highest BCUT2D eigenvalue weighted by Crippen LogP contribution is 2.23.